The summed E-state index contributed by atoms with van der Waals surface area (Å²) in [6.45, 7) is 11.4. The van der Waals surface area contributed by atoms with Crippen LogP contribution in [0.3, 0.4) is 0 Å². The first kappa shape index (κ1) is 37.3. The Morgan fingerprint density at radius 1 is 0.957 bits per heavy atom. The number of likely N-dealkylation sites (N-methyl/N-ethyl adjacent to an activating group) is 1. The average Bonchev–Trinajstić information content (AvgIpc) is 3.09. The molecule has 0 bridgehead atoms. The maximum atomic E-state index is 13.2. The van der Waals surface area contributed by atoms with Crippen LogP contribution in [0, 0.1) is 0 Å². The van der Waals surface area contributed by atoms with Gasteiger partial charge >= 0.3 is 6.18 Å². The monoisotopic (exact) mass is 669 g/mol. The molecule has 1 amide bonds. The summed E-state index contributed by atoms with van der Waals surface area (Å²) in [5.74, 6) is -0.233. The lowest BCUT2D eigenvalue weighted by Crippen LogP contribution is -2.45. The highest BCUT2D eigenvalue weighted by atomic mass is 35.5. The number of carbonyl (C=O) groups excluding carboxylic acids is 2. The molecule has 2 aliphatic rings. The normalized spacial score (nSPS) is 15.0. The second-order valence-electron chi connectivity index (χ2n) is 10.7. The van der Waals surface area contributed by atoms with Crippen molar-refractivity contribution in [1.82, 2.24) is 15.1 Å². The van der Waals surface area contributed by atoms with Gasteiger partial charge in [-0.05, 0) is 59.7 Å². The summed E-state index contributed by atoms with van der Waals surface area (Å²) in [4.78, 5) is 27.8. The van der Waals surface area contributed by atoms with Gasteiger partial charge in [0, 0.05) is 80.1 Å². The van der Waals surface area contributed by atoms with E-state index in [4.69, 9.17) is 11.6 Å². The van der Waals surface area contributed by atoms with Crippen molar-refractivity contribution in [3.05, 3.63) is 112 Å². The Kier molecular flexibility index (Phi) is 14.5. The topological polar surface area (TPSA) is 76.7 Å². The van der Waals surface area contributed by atoms with Crippen molar-refractivity contribution in [3.8, 4) is 0 Å². The first-order valence-electron chi connectivity index (χ1n) is 15.7. The van der Waals surface area contributed by atoms with E-state index in [1.165, 1.54) is 6.07 Å². The molecule has 0 radical (unpaired) electrons. The highest BCUT2D eigenvalue weighted by Crippen LogP contribution is 2.34. The molecule has 11 heteroatoms. The van der Waals surface area contributed by atoms with Crippen LogP contribution in [-0.2, 0) is 17.5 Å². The van der Waals surface area contributed by atoms with E-state index in [-0.39, 0.29) is 5.91 Å². The molecule has 0 spiro atoms. The lowest BCUT2D eigenvalue weighted by molar-refractivity contribution is -0.138. The molecular weight excluding hydrogens is 627 g/mol. The molecule has 0 aliphatic carbocycles. The Balaban J connectivity index is 0.000000245. The number of aldehydes is 1. The van der Waals surface area contributed by atoms with Crippen LogP contribution >= 0.6 is 11.6 Å². The summed E-state index contributed by atoms with van der Waals surface area (Å²) in [6, 6.07) is 19.0. The van der Waals surface area contributed by atoms with Crippen molar-refractivity contribution < 1.29 is 22.8 Å². The van der Waals surface area contributed by atoms with Gasteiger partial charge in [-0.3, -0.25) is 14.5 Å². The third-order valence-corrected chi connectivity index (χ3v) is 7.82. The summed E-state index contributed by atoms with van der Waals surface area (Å²) >= 11 is 5.95. The van der Waals surface area contributed by atoms with Crippen molar-refractivity contribution in [1.29, 1.82) is 0 Å². The van der Waals surface area contributed by atoms with Gasteiger partial charge in [0.25, 0.3) is 5.91 Å². The quantitative estimate of drug-likeness (QED) is 0.215. The molecule has 2 heterocycles. The van der Waals surface area contributed by atoms with E-state index in [0.717, 1.165) is 43.9 Å². The molecule has 252 valence electrons. The molecule has 3 N–H and O–H groups in total. The van der Waals surface area contributed by atoms with Crippen LogP contribution in [0.5, 0.6) is 0 Å². The number of amides is 1. The van der Waals surface area contributed by atoms with Gasteiger partial charge in [-0.25, -0.2) is 0 Å². The van der Waals surface area contributed by atoms with Crippen LogP contribution in [0.15, 0.2) is 84.6 Å². The number of rotatable bonds is 8. The number of nitrogens with zero attached hydrogens (tertiary/aromatic N) is 2. The maximum Gasteiger partial charge on any atom is 0.416 e. The molecule has 0 aromatic heterocycles. The largest absolute Gasteiger partial charge is 0.416 e. The molecule has 5 rings (SSSR count). The van der Waals surface area contributed by atoms with Crippen molar-refractivity contribution in [3.63, 3.8) is 0 Å². The third-order valence-electron chi connectivity index (χ3n) is 7.60. The zero-order valence-electron chi connectivity index (χ0n) is 27.3. The average molecular weight is 670 g/mol. The Labute approximate surface area is 280 Å². The van der Waals surface area contributed by atoms with Gasteiger partial charge in [-0.2, -0.15) is 13.2 Å². The number of nitrogens with one attached hydrogen (secondary N) is 3. The van der Waals surface area contributed by atoms with E-state index in [1.807, 2.05) is 56.5 Å². The fraction of sp³-hybridized carbons (Fsp3) is 0.333. The zero-order valence-corrected chi connectivity index (χ0v) is 28.0. The van der Waals surface area contributed by atoms with E-state index < -0.39 is 11.7 Å². The number of anilines is 2. The first-order chi connectivity index (χ1) is 22.6. The molecule has 1 saturated heterocycles. The van der Waals surface area contributed by atoms with E-state index in [0.29, 0.717) is 52.5 Å². The number of allylic oxidation sites excluding steroid dienone is 2. The number of benzene rings is 3. The van der Waals surface area contributed by atoms with Crippen LogP contribution < -0.4 is 16.0 Å². The summed E-state index contributed by atoms with van der Waals surface area (Å²) < 4.78 is 39.5. The standard InChI is InChI=1S/C19H15ClN2O2.C15H22F3N3.C2H6/c20-17-6-13(12-23)7-18(9-17)22-19(24)16-8-15(10-21-11-16)14-4-2-1-3-5-14;1-3-20-6-8-21(9-7-20)11-12-4-5-13(19-2)10-14(12)15(16,17)18;1-2/h1-10,12,21H,11H2,(H,22,24);4-5,10,19H,3,6-9,11H2,1-2H3;1-2H3. The lowest BCUT2D eigenvalue weighted by Gasteiger charge is -2.34. The smallest absolute Gasteiger partial charge is 0.388 e. The van der Waals surface area contributed by atoms with Gasteiger partial charge in [0.05, 0.1) is 5.56 Å². The van der Waals surface area contributed by atoms with E-state index in [2.05, 4.69) is 32.7 Å². The molecule has 0 atom stereocenters. The highest BCUT2D eigenvalue weighted by molar-refractivity contribution is 6.31. The molecule has 7 nitrogen and oxygen atoms in total. The number of piperazine rings is 1. The van der Waals surface area contributed by atoms with Gasteiger partial charge in [-0.15, -0.1) is 0 Å². The van der Waals surface area contributed by atoms with Crippen molar-refractivity contribution >= 4 is 40.7 Å². The molecule has 3 aromatic rings. The predicted octanol–water partition coefficient (Wildman–Crippen LogP) is 7.57. The molecule has 2 aliphatic heterocycles. The van der Waals surface area contributed by atoms with Gasteiger partial charge in [-0.1, -0.05) is 68.8 Å². The third kappa shape index (κ3) is 11.3. The number of halogens is 4. The molecule has 47 heavy (non-hydrogen) atoms. The van der Waals surface area contributed by atoms with Gasteiger partial charge in [0.15, 0.2) is 0 Å². The van der Waals surface area contributed by atoms with Crippen LogP contribution in [0.1, 0.15) is 47.8 Å². The van der Waals surface area contributed by atoms with Crippen LogP contribution in [0.25, 0.3) is 5.57 Å². The van der Waals surface area contributed by atoms with Gasteiger partial charge in [0.2, 0.25) is 0 Å². The minimum Gasteiger partial charge on any atom is -0.388 e. The highest BCUT2D eigenvalue weighted by Gasteiger charge is 2.34. The molecule has 0 unspecified atom stereocenters. The van der Waals surface area contributed by atoms with E-state index in [9.17, 15) is 22.8 Å². The number of dihydropyridines is 1. The second-order valence-corrected chi connectivity index (χ2v) is 11.1. The number of alkyl halides is 3. The number of carbonyl (C=O) groups is 2. The minimum absolute atomic E-state index is 0.233. The zero-order chi connectivity index (χ0) is 34.4. The Morgan fingerprint density at radius 3 is 2.26 bits per heavy atom. The summed E-state index contributed by atoms with van der Waals surface area (Å²) in [5, 5.41) is 9.05. The first-order valence-corrected chi connectivity index (χ1v) is 16.1. The lowest BCUT2D eigenvalue weighted by atomic mass is 10.0. The van der Waals surface area contributed by atoms with Gasteiger partial charge < -0.3 is 20.9 Å². The van der Waals surface area contributed by atoms with E-state index in [1.54, 1.807) is 37.4 Å². The fourth-order valence-corrected chi connectivity index (χ4v) is 5.34. The van der Waals surface area contributed by atoms with Gasteiger partial charge in [0.1, 0.15) is 6.29 Å². The Morgan fingerprint density at radius 2 is 1.64 bits per heavy atom. The minimum atomic E-state index is -4.31. The molecule has 3 aromatic carbocycles. The van der Waals surface area contributed by atoms with Crippen molar-refractivity contribution in [2.45, 2.75) is 33.5 Å². The Bertz CT molecular complexity index is 1540. The number of hydrogen-bond donors (Lipinski definition) is 3. The van der Waals surface area contributed by atoms with Crippen molar-refractivity contribution in [2.24, 2.45) is 0 Å². The summed E-state index contributed by atoms with van der Waals surface area (Å²) in [7, 11) is 1.62. The molecular formula is C36H43ClF3N5O2. The molecule has 1 fully saturated rings. The summed E-state index contributed by atoms with van der Waals surface area (Å²) in [6.07, 6.45) is 0.120. The summed E-state index contributed by atoms with van der Waals surface area (Å²) in [5.41, 5.74) is 3.78. The van der Waals surface area contributed by atoms with Crippen LogP contribution in [-0.4, -0.2) is 68.3 Å². The van der Waals surface area contributed by atoms with Crippen molar-refractivity contribution in [2.75, 3.05) is 56.9 Å². The van der Waals surface area contributed by atoms with E-state index >= 15 is 0 Å². The second kappa shape index (κ2) is 18.3. The predicted molar refractivity (Wildman–Crippen MR) is 186 cm³/mol. The van der Waals surface area contributed by atoms with Crippen LogP contribution in [0.4, 0.5) is 24.5 Å². The van der Waals surface area contributed by atoms with Crippen LogP contribution in [0.2, 0.25) is 5.02 Å². The molecule has 0 saturated carbocycles. The maximum absolute atomic E-state index is 13.2. The number of hydrogen-bond acceptors (Lipinski definition) is 6. The SMILES string of the molecule is CC.CCN1CCN(Cc2ccc(NC)cc2C(F)(F)F)CC1.O=Cc1cc(Cl)cc(NC(=O)C2=CC(c3ccccc3)=CNC2)c1. The fourth-order valence-electron chi connectivity index (χ4n) is 5.10. The Hall–Kier alpha value is -4.12.